The Labute approximate surface area is 154 Å². The minimum atomic E-state index is -0.486. The molecule has 2 aliphatic rings. The quantitative estimate of drug-likeness (QED) is 0.893. The van der Waals surface area contributed by atoms with E-state index in [0.717, 1.165) is 17.9 Å². The van der Waals surface area contributed by atoms with Crippen molar-refractivity contribution in [2.75, 3.05) is 26.3 Å². The van der Waals surface area contributed by atoms with Crippen LogP contribution in [0.2, 0.25) is 5.02 Å². The summed E-state index contributed by atoms with van der Waals surface area (Å²) in [4.78, 5) is 14.2. The van der Waals surface area contributed by atoms with E-state index in [0.29, 0.717) is 32.3 Å². The maximum absolute atomic E-state index is 12.4. The molecule has 6 heteroatoms. The van der Waals surface area contributed by atoms with Gasteiger partial charge < -0.3 is 14.8 Å². The van der Waals surface area contributed by atoms with Gasteiger partial charge >= 0.3 is 6.09 Å². The predicted octanol–water partition coefficient (Wildman–Crippen LogP) is 3.03. The Morgan fingerprint density at radius 2 is 2.12 bits per heavy atom. The Bertz CT molecular complexity index is 630. The van der Waals surface area contributed by atoms with Crippen molar-refractivity contribution in [1.29, 1.82) is 0 Å². The molecule has 0 aromatic heterocycles. The lowest BCUT2D eigenvalue weighted by atomic mass is 10.1. The van der Waals surface area contributed by atoms with Crippen molar-refractivity contribution in [3.8, 4) is 0 Å². The van der Waals surface area contributed by atoms with Crippen molar-refractivity contribution >= 4 is 17.7 Å². The number of fused-ring (bicyclic) bond motifs is 1. The van der Waals surface area contributed by atoms with Crippen LogP contribution < -0.4 is 5.32 Å². The average molecular weight is 367 g/mol. The number of morpholine rings is 1. The van der Waals surface area contributed by atoms with E-state index in [1.807, 2.05) is 26.8 Å². The van der Waals surface area contributed by atoms with Crippen molar-refractivity contribution in [2.45, 2.75) is 51.3 Å². The molecule has 1 aromatic carbocycles. The maximum atomic E-state index is 12.4. The Morgan fingerprint density at radius 1 is 1.36 bits per heavy atom. The number of rotatable bonds is 3. The Kier molecular flexibility index (Phi) is 5.56. The summed E-state index contributed by atoms with van der Waals surface area (Å²) in [6, 6.07) is 6.47. The molecule has 1 saturated heterocycles. The zero-order valence-corrected chi connectivity index (χ0v) is 15.9. The number of carbonyl (C=O) groups excluding carboxylic acids is 1. The number of hydrogen-bond acceptors (Lipinski definition) is 4. The smallest absolute Gasteiger partial charge is 0.410 e. The van der Waals surface area contributed by atoms with Gasteiger partial charge in [0, 0.05) is 24.2 Å². The summed E-state index contributed by atoms with van der Waals surface area (Å²) in [5, 5.41) is 4.38. The fourth-order valence-corrected chi connectivity index (χ4v) is 3.61. The molecule has 1 aliphatic heterocycles. The van der Waals surface area contributed by atoms with Crippen LogP contribution in [0.5, 0.6) is 0 Å². The van der Waals surface area contributed by atoms with Gasteiger partial charge in [0.25, 0.3) is 0 Å². The fourth-order valence-electron chi connectivity index (χ4n) is 3.42. The minimum Gasteiger partial charge on any atom is -0.444 e. The van der Waals surface area contributed by atoms with E-state index >= 15 is 0 Å². The van der Waals surface area contributed by atoms with Crippen LogP contribution in [-0.2, 0) is 22.3 Å². The predicted molar refractivity (Wildman–Crippen MR) is 98.2 cm³/mol. The molecule has 5 nitrogen and oxygen atoms in total. The molecule has 138 valence electrons. The third-order valence-electron chi connectivity index (χ3n) is 4.60. The minimum absolute atomic E-state index is 0.00380. The molecule has 1 heterocycles. The van der Waals surface area contributed by atoms with E-state index in [2.05, 4.69) is 17.4 Å². The Balaban J connectivity index is 1.55. The number of amides is 1. The molecule has 25 heavy (non-hydrogen) atoms. The summed E-state index contributed by atoms with van der Waals surface area (Å²) in [7, 11) is 0. The third-order valence-corrected chi connectivity index (χ3v) is 4.83. The molecule has 3 rings (SSSR count). The SMILES string of the molecule is CC(C)(C)OC(=O)N1CCOCC1CNC1Cc2ccc(Cl)cc2C1. The van der Waals surface area contributed by atoms with E-state index in [1.165, 1.54) is 11.1 Å². The second kappa shape index (κ2) is 7.52. The van der Waals surface area contributed by atoms with Crippen LogP contribution in [-0.4, -0.2) is 55.0 Å². The van der Waals surface area contributed by atoms with Crippen LogP contribution in [0.1, 0.15) is 31.9 Å². The number of halogens is 1. The van der Waals surface area contributed by atoms with Gasteiger partial charge in [0.1, 0.15) is 5.60 Å². The Hall–Kier alpha value is -1.30. The number of carbonyl (C=O) groups is 1. The third kappa shape index (κ3) is 4.87. The summed E-state index contributed by atoms with van der Waals surface area (Å²) in [6.07, 6.45) is 1.70. The van der Waals surface area contributed by atoms with E-state index in [-0.39, 0.29) is 12.1 Å². The molecule has 1 N–H and O–H groups in total. The van der Waals surface area contributed by atoms with E-state index in [1.54, 1.807) is 4.90 Å². The highest BCUT2D eigenvalue weighted by molar-refractivity contribution is 6.30. The van der Waals surface area contributed by atoms with Crippen molar-refractivity contribution in [3.63, 3.8) is 0 Å². The number of nitrogens with one attached hydrogen (secondary N) is 1. The molecule has 2 atom stereocenters. The summed E-state index contributed by atoms with van der Waals surface area (Å²) in [5.74, 6) is 0. The first-order chi connectivity index (χ1) is 11.8. The number of benzene rings is 1. The highest BCUT2D eigenvalue weighted by Crippen LogP contribution is 2.25. The molecule has 1 fully saturated rings. The van der Waals surface area contributed by atoms with Gasteiger partial charge in [0.2, 0.25) is 0 Å². The molecular formula is C19H27ClN2O3. The highest BCUT2D eigenvalue weighted by atomic mass is 35.5. The first-order valence-corrected chi connectivity index (χ1v) is 9.28. The number of nitrogens with zero attached hydrogens (tertiary/aromatic N) is 1. The van der Waals surface area contributed by atoms with E-state index in [9.17, 15) is 4.79 Å². The van der Waals surface area contributed by atoms with Gasteiger partial charge in [-0.2, -0.15) is 0 Å². The second-order valence-corrected chi connectivity index (χ2v) is 8.27. The van der Waals surface area contributed by atoms with E-state index < -0.39 is 5.60 Å². The lowest BCUT2D eigenvalue weighted by molar-refractivity contribution is -0.0321. The molecule has 0 spiro atoms. The Morgan fingerprint density at radius 3 is 2.88 bits per heavy atom. The normalized spacial score (nSPS) is 23.4. The fraction of sp³-hybridized carbons (Fsp3) is 0.632. The van der Waals surface area contributed by atoms with Crippen LogP contribution in [0.3, 0.4) is 0 Å². The van der Waals surface area contributed by atoms with Crippen LogP contribution in [0.15, 0.2) is 18.2 Å². The molecule has 0 bridgehead atoms. The highest BCUT2D eigenvalue weighted by Gasteiger charge is 2.32. The lowest BCUT2D eigenvalue weighted by Crippen LogP contribution is -2.55. The van der Waals surface area contributed by atoms with E-state index in [4.69, 9.17) is 21.1 Å². The summed E-state index contributed by atoms with van der Waals surface area (Å²) < 4.78 is 11.1. The largest absolute Gasteiger partial charge is 0.444 e. The number of hydrogen-bond donors (Lipinski definition) is 1. The van der Waals surface area contributed by atoms with Gasteiger partial charge in [0.15, 0.2) is 0 Å². The molecule has 1 aliphatic carbocycles. The molecule has 1 aromatic rings. The topological polar surface area (TPSA) is 50.8 Å². The van der Waals surface area contributed by atoms with Crippen molar-refractivity contribution < 1.29 is 14.3 Å². The standard InChI is InChI=1S/C19H27ClN2O3/c1-19(2,3)25-18(23)22-6-7-24-12-17(22)11-21-16-9-13-4-5-15(20)8-14(13)10-16/h4-5,8,16-17,21H,6-7,9-12H2,1-3H3. The first-order valence-electron chi connectivity index (χ1n) is 8.90. The molecule has 0 saturated carbocycles. The first kappa shape index (κ1) is 18.5. The monoisotopic (exact) mass is 366 g/mol. The van der Waals surface area contributed by atoms with Gasteiger partial charge in [-0.3, -0.25) is 4.90 Å². The van der Waals surface area contributed by atoms with Gasteiger partial charge in [-0.15, -0.1) is 0 Å². The lowest BCUT2D eigenvalue weighted by Gasteiger charge is -2.37. The van der Waals surface area contributed by atoms with Crippen LogP contribution in [0.4, 0.5) is 4.79 Å². The van der Waals surface area contributed by atoms with Gasteiger partial charge in [0.05, 0.1) is 19.3 Å². The summed E-state index contributed by atoms with van der Waals surface area (Å²) in [5.41, 5.74) is 2.18. The molecule has 0 radical (unpaired) electrons. The summed E-state index contributed by atoms with van der Waals surface area (Å²) in [6.45, 7) is 8.03. The van der Waals surface area contributed by atoms with Gasteiger partial charge in [-0.05, 0) is 56.9 Å². The second-order valence-electron chi connectivity index (χ2n) is 7.83. The van der Waals surface area contributed by atoms with Crippen LogP contribution in [0.25, 0.3) is 0 Å². The van der Waals surface area contributed by atoms with Crippen LogP contribution in [0, 0.1) is 0 Å². The average Bonchev–Trinajstić information content (AvgIpc) is 2.93. The molecule has 1 amide bonds. The van der Waals surface area contributed by atoms with Gasteiger partial charge in [-0.1, -0.05) is 17.7 Å². The van der Waals surface area contributed by atoms with Crippen molar-refractivity contribution in [3.05, 3.63) is 34.3 Å². The molecular weight excluding hydrogens is 340 g/mol. The summed E-state index contributed by atoms with van der Waals surface area (Å²) >= 11 is 6.08. The zero-order chi connectivity index (χ0) is 18.0. The molecule has 2 unspecified atom stereocenters. The van der Waals surface area contributed by atoms with Gasteiger partial charge in [-0.25, -0.2) is 4.79 Å². The van der Waals surface area contributed by atoms with Crippen LogP contribution >= 0.6 is 11.6 Å². The zero-order valence-electron chi connectivity index (χ0n) is 15.2. The maximum Gasteiger partial charge on any atom is 0.410 e. The van der Waals surface area contributed by atoms with Crippen molar-refractivity contribution in [2.24, 2.45) is 0 Å². The van der Waals surface area contributed by atoms with Crippen molar-refractivity contribution in [1.82, 2.24) is 10.2 Å². The number of ether oxygens (including phenoxy) is 2.